The minimum absolute atomic E-state index is 0.394. The van der Waals surface area contributed by atoms with Gasteiger partial charge in [0, 0.05) is 0 Å². The number of carbonyl (C=O) groups excluding carboxylic acids is 1. The molecule has 1 unspecified atom stereocenters. The van der Waals surface area contributed by atoms with Crippen molar-refractivity contribution in [3.63, 3.8) is 0 Å². The lowest BCUT2D eigenvalue weighted by atomic mass is 9.98. The Hall–Kier alpha value is -0.740. The van der Waals surface area contributed by atoms with E-state index >= 15 is 0 Å². The standard InChI is InChI=1S/C12H21F3O2/c1-3-5-6-7-8-10(4-2)11(16)17-9-12(13,14)15/h10H,3-9H2,1-2H3. The second kappa shape index (κ2) is 8.37. The second-order valence-corrected chi connectivity index (χ2v) is 4.18. The molecule has 17 heavy (non-hydrogen) atoms. The average molecular weight is 254 g/mol. The van der Waals surface area contributed by atoms with Crippen LogP contribution in [0.1, 0.15) is 52.4 Å². The van der Waals surface area contributed by atoms with Crippen LogP contribution < -0.4 is 0 Å². The molecule has 0 aromatic rings. The third-order valence-corrected chi connectivity index (χ3v) is 2.61. The quantitative estimate of drug-likeness (QED) is 0.481. The Kier molecular flexibility index (Phi) is 8.00. The molecule has 0 amide bonds. The Labute approximate surface area is 101 Å². The summed E-state index contributed by atoms with van der Waals surface area (Å²) >= 11 is 0. The molecule has 0 saturated carbocycles. The summed E-state index contributed by atoms with van der Waals surface area (Å²) in [5.41, 5.74) is 0. The molecule has 0 aliphatic rings. The first-order valence-electron chi connectivity index (χ1n) is 6.14. The summed E-state index contributed by atoms with van der Waals surface area (Å²) in [5, 5.41) is 0. The number of hydrogen-bond acceptors (Lipinski definition) is 2. The average Bonchev–Trinajstić information content (AvgIpc) is 2.25. The predicted octanol–water partition coefficient (Wildman–Crippen LogP) is 4.09. The molecule has 0 aliphatic heterocycles. The van der Waals surface area contributed by atoms with Gasteiger partial charge in [-0.15, -0.1) is 0 Å². The van der Waals surface area contributed by atoms with E-state index in [4.69, 9.17) is 0 Å². The molecule has 0 N–H and O–H groups in total. The number of unbranched alkanes of at least 4 members (excludes halogenated alkanes) is 3. The minimum Gasteiger partial charge on any atom is -0.456 e. The molecule has 2 nitrogen and oxygen atoms in total. The van der Waals surface area contributed by atoms with Crippen LogP contribution in [-0.4, -0.2) is 18.8 Å². The lowest BCUT2D eigenvalue weighted by molar-refractivity contribution is -0.189. The van der Waals surface area contributed by atoms with Crippen LogP contribution in [0.25, 0.3) is 0 Å². The lowest BCUT2D eigenvalue weighted by Crippen LogP contribution is -2.24. The zero-order chi connectivity index (χ0) is 13.3. The van der Waals surface area contributed by atoms with E-state index in [-0.39, 0.29) is 0 Å². The number of ether oxygens (including phenoxy) is 1. The first-order valence-corrected chi connectivity index (χ1v) is 6.14. The summed E-state index contributed by atoms with van der Waals surface area (Å²) in [6.07, 6.45) is 0.780. The predicted molar refractivity (Wildman–Crippen MR) is 59.6 cm³/mol. The van der Waals surface area contributed by atoms with E-state index in [2.05, 4.69) is 11.7 Å². The van der Waals surface area contributed by atoms with Crippen molar-refractivity contribution in [3.8, 4) is 0 Å². The van der Waals surface area contributed by atoms with Crippen molar-refractivity contribution < 1.29 is 22.7 Å². The van der Waals surface area contributed by atoms with Crippen molar-refractivity contribution in [3.05, 3.63) is 0 Å². The molecule has 0 rings (SSSR count). The van der Waals surface area contributed by atoms with Gasteiger partial charge in [0.1, 0.15) is 0 Å². The van der Waals surface area contributed by atoms with E-state index in [0.29, 0.717) is 12.8 Å². The normalized spacial score (nSPS) is 13.5. The van der Waals surface area contributed by atoms with Crippen LogP contribution in [0.2, 0.25) is 0 Å². The van der Waals surface area contributed by atoms with Gasteiger partial charge in [0.2, 0.25) is 0 Å². The van der Waals surface area contributed by atoms with E-state index in [1.807, 2.05) is 0 Å². The number of esters is 1. The van der Waals surface area contributed by atoms with Gasteiger partial charge < -0.3 is 4.74 Å². The van der Waals surface area contributed by atoms with E-state index in [1.54, 1.807) is 6.92 Å². The first-order chi connectivity index (χ1) is 7.90. The zero-order valence-corrected chi connectivity index (χ0v) is 10.5. The molecule has 0 spiro atoms. The van der Waals surface area contributed by atoms with Crippen LogP contribution in [0.4, 0.5) is 13.2 Å². The molecular weight excluding hydrogens is 233 g/mol. The van der Waals surface area contributed by atoms with Crippen molar-refractivity contribution >= 4 is 5.97 Å². The van der Waals surface area contributed by atoms with Crippen LogP contribution in [0.3, 0.4) is 0 Å². The van der Waals surface area contributed by atoms with Gasteiger partial charge in [-0.1, -0.05) is 39.5 Å². The first kappa shape index (κ1) is 16.3. The van der Waals surface area contributed by atoms with Gasteiger partial charge in [-0.2, -0.15) is 13.2 Å². The Balaban J connectivity index is 3.87. The van der Waals surface area contributed by atoms with Gasteiger partial charge >= 0.3 is 12.1 Å². The van der Waals surface area contributed by atoms with Crippen LogP contribution in [0, 0.1) is 5.92 Å². The summed E-state index contributed by atoms with van der Waals surface area (Å²) < 4.78 is 39.8. The fraction of sp³-hybridized carbons (Fsp3) is 0.917. The third-order valence-electron chi connectivity index (χ3n) is 2.61. The van der Waals surface area contributed by atoms with Gasteiger partial charge in [0.25, 0.3) is 0 Å². The van der Waals surface area contributed by atoms with Crippen molar-refractivity contribution in [1.29, 1.82) is 0 Å². The monoisotopic (exact) mass is 254 g/mol. The molecule has 0 radical (unpaired) electrons. The van der Waals surface area contributed by atoms with E-state index in [0.717, 1.165) is 25.7 Å². The number of alkyl halides is 3. The smallest absolute Gasteiger partial charge is 0.422 e. The number of hydrogen-bond donors (Lipinski definition) is 0. The highest BCUT2D eigenvalue weighted by Gasteiger charge is 2.30. The van der Waals surface area contributed by atoms with Gasteiger partial charge in [0.15, 0.2) is 6.61 Å². The van der Waals surface area contributed by atoms with Crippen molar-refractivity contribution in [2.45, 2.75) is 58.5 Å². The SMILES string of the molecule is CCCCCCC(CC)C(=O)OCC(F)(F)F. The van der Waals surface area contributed by atoms with Crippen LogP contribution in [0.5, 0.6) is 0 Å². The molecule has 0 aromatic heterocycles. The van der Waals surface area contributed by atoms with Crippen molar-refractivity contribution in [1.82, 2.24) is 0 Å². The van der Waals surface area contributed by atoms with Crippen LogP contribution in [-0.2, 0) is 9.53 Å². The van der Waals surface area contributed by atoms with Gasteiger partial charge in [0.05, 0.1) is 5.92 Å². The van der Waals surface area contributed by atoms with Crippen LogP contribution >= 0.6 is 0 Å². The highest BCUT2D eigenvalue weighted by molar-refractivity contribution is 5.72. The summed E-state index contributed by atoms with van der Waals surface area (Å²) in [6.45, 7) is 2.39. The van der Waals surface area contributed by atoms with E-state index in [9.17, 15) is 18.0 Å². The van der Waals surface area contributed by atoms with Gasteiger partial charge in [-0.05, 0) is 12.8 Å². The van der Waals surface area contributed by atoms with Crippen molar-refractivity contribution in [2.24, 2.45) is 5.92 Å². The maximum atomic E-state index is 11.9. The van der Waals surface area contributed by atoms with E-state index in [1.165, 1.54) is 0 Å². The Morgan fingerprint density at radius 3 is 2.29 bits per heavy atom. The van der Waals surface area contributed by atoms with E-state index < -0.39 is 24.7 Å². The van der Waals surface area contributed by atoms with Gasteiger partial charge in [-0.3, -0.25) is 4.79 Å². The van der Waals surface area contributed by atoms with Crippen molar-refractivity contribution in [2.75, 3.05) is 6.61 Å². The molecule has 0 fully saturated rings. The molecule has 1 atom stereocenters. The number of halogens is 3. The zero-order valence-electron chi connectivity index (χ0n) is 10.5. The Morgan fingerprint density at radius 2 is 1.82 bits per heavy atom. The maximum absolute atomic E-state index is 11.9. The maximum Gasteiger partial charge on any atom is 0.422 e. The Morgan fingerprint density at radius 1 is 1.18 bits per heavy atom. The molecule has 5 heteroatoms. The van der Waals surface area contributed by atoms with Crippen LogP contribution in [0.15, 0.2) is 0 Å². The largest absolute Gasteiger partial charge is 0.456 e. The molecular formula is C12H21F3O2. The second-order valence-electron chi connectivity index (χ2n) is 4.18. The molecule has 0 bridgehead atoms. The van der Waals surface area contributed by atoms with Gasteiger partial charge in [-0.25, -0.2) is 0 Å². The summed E-state index contributed by atoms with van der Waals surface area (Å²) in [5.74, 6) is -1.12. The highest BCUT2D eigenvalue weighted by Crippen LogP contribution is 2.19. The summed E-state index contributed by atoms with van der Waals surface area (Å²) in [7, 11) is 0. The fourth-order valence-corrected chi connectivity index (χ4v) is 1.58. The molecule has 0 saturated heterocycles. The third kappa shape index (κ3) is 9.01. The molecule has 102 valence electrons. The highest BCUT2D eigenvalue weighted by atomic mass is 19.4. The molecule has 0 heterocycles. The number of rotatable bonds is 8. The summed E-state index contributed by atoms with van der Waals surface area (Å²) in [6, 6.07) is 0. The summed E-state index contributed by atoms with van der Waals surface area (Å²) in [4.78, 5) is 11.4. The molecule has 0 aromatic carbocycles. The topological polar surface area (TPSA) is 26.3 Å². The lowest BCUT2D eigenvalue weighted by Gasteiger charge is -2.14. The number of carbonyl (C=O) groups is 1. The molecule has 0 aliphatic carbocycles. The minimum atomic E-state index is -4.43. The Bertz CT molecular complexity index is 214. The fourth-order valence-electron chi connectivity index (χ4n) is 1.58.